The molecule has 2 aromatic rings. The van der Waals surface area contributed by atoms with Crippen LogP contribution in [-0.2, 0) is 16.1 Å². The molecule has 2 atom stereocenters. The van der Waals surface area contributed by atoms with Crippen molar-refractivity contribution in [3.05, 3.63) is 52.2 Å². The van der Waals surface area contributed by atoms with E-state index in [-0.39, 0.29) is 12.0 Å². The lowest BCUT2D eigenvalue weighted by atomic mass is 10.2. The van der Waals surface area contributed by atoms with Crippen molar-refractivity contribution >= 4 is 22.9 Å². The molecule has 1 aromatic carbocycles. The van der Waals surface area contributed by atoms with Gasteiger partial charge in [0.1, 0.15) is 19.2 Å². The zero-order valence-electron chi connectivity index (χ0n) is 14.0. The van der Waals surface area contributed by atoms with Crippen LogP contribution in [0.2, 0.25) is 0 Å². The standard InChI is InChI=1S/C19H21N3O2S/c20-11-15-4-1-5-16(10-15)21-19(23)14-22(12-17-6-2-8-24-17)13-18-7-3-9-25-18/h1,3-5,7,9-10,17H,2,6,8,12-14H2,(H,21,23)/p+1/t17-/m1/s1. The number of hydrogen-bond acceptors (Lipinski definition) is 4. The Morgan fingerprint density at radius 2 is 2.32 bits per heavy atom. The van der Waals surface area contributed by atoms with E-state index in [4.69, 9.17) is 10.00 Å². The van der Waals surface area contributed by atoms with Crippen molar-refractivity contribution in [3.8, 4) is 6.07 Å². The molecule has 6 heteroatoms. The summed E-state index contributed by atoms with van der Waals surface area (Å²) in [7, 11) is 0. The lowest BCUT2D eigenvalue weighted by Crippen LogP contribution is -3.12. The molecule has 1 aliphatic heterocycles. The van der Waals surface area contributed by atoms with Crippen molar-refractivity contribution in [2.45, 2.75) is 25.5 Å². The zero-order chi connectivity index (χ0) is 17.5. The minimum Gasteiger partial charge on any atom is -0.372 e. The van der Waals surface area contributed by atoms with Crippen LogP contribution in [0.3, 0.4) is 0 Å². The number of ether oxygens (including phenoxy) is 1. The first-order valence-corrected chi connectivity index (χ1v) is 9.38. The molecule has 2 N–H and O–H groups in total. The Morgan fingerprint density at radius 1 is 1.40 bits per heavy atom. The summed E-state index contributed by atoms with van der Waals surface area (Å²) in [5, 5.41) is 13.9. The summed E-state index contributed by atoms with van der Waals surface area (Å²) < 4.78 is 5.75. The second-order valence-electron chi connectivity index (χ2n) is 6.26. The lowest BCUT2D eigenvalue weighted by molar-refractivity contribution is -0.908. The average molecular weight is 356 g/mol. The highest BCUT2D eigenvalue weighted by Gasteiger charge is 2.24. The largest absolute Gasteiger partial charge is 0.372 e. The summed E-state index contributed by atoms with van der Waals surface area (Å²) in [5.41, 5.74) is 1.21. The van der Waals surface area contributed by atoms with E-state index < -0.39 is 0 Å². The number of amides is 1. The van der Waals surface area contributed by atoms with E-state index in [0.29, 0.717) is 17.8 Å². The van der Waals surface area contributed by atoms with Crippen LogP contribution in [0, 0.1) is 11.3 Å². The molecule has 1 unspecified atom stereocenters. The molecular weight excluding hydrogens is 334 g/mol. The van der Waals surface area contributed by atoms with E-state index in [1.807, 2.05) is 6.07 Å². The van der Waals surface area contributed by atoms with E-state index in [0.717, 1.165) is 32.5 Å². The molecule has 0 bridgehead atoms. The van der Waals surface area contributed by atoms with E-state index in [1.54, 1.807) is 35.6 Å². The van der Waals surface area contributed by atoms with Gasteiger partial charge in [-0.3, -0.25) is 4.79 Å². The summed E-state index contributed by atoms with van der Waals surface area (Å²) in [5.74, 6) is -0.0420. The molecule has 1 saturated heterocycles. The van der Waals surface area contributed by atoms with Crippen LogP contribution < -0.4 is 10.2 Å². The predicted octanol–water partition coefficient (Wildman–Crippen LogP) is 1.82. The smallest absolute Gasteiger partial charge is 0.279 e. The highest BCUT2D eigenvalue weighted by molar-refractivity contribution is 7.09. The Kier molecular flexibility index (Phi) is 6.18. The first-order valence-electron chi connectivity index (χ1n) is 8.50. The van der Waals surface area contributed by atoms with Crippen molar-refractivity contribution < 1.29 is 14.4 Å². The molecule has 1 aliphatic rings. The van der Waals surface area contributed by atoms with Gasteiger partial charge in [-0.15, -0.1) is 11.3 Å². The van der Waals surface area contributed by atoms with Gasteiger partial charge in [0.05, 0.1) is 16.5 Å². The quantitative estimate of drug-likeness (QED) is 0.795. The number of thiophene rings is 1. The fraction of sp³-hybridized carbons (Fsp3) is 0.368. The fourth-order valence-corrected chi connectivity index (χ4v) is 3.87. The number of quaternary nitrogens is 1. The van der Waals surface area contributed by atoms with Crippen molar-refractivity contribution in [1.29, 1.82) is 5.26 Å². The van der Waals surface area contributed by atoms with Gasteiger partial charge in [-0.25, -0.2) is 0 Å². The summed E-state index contributed by atoms with van der Waals surface area (Å²) in [4.78, 5) is 14.9. The number of rotatable bonds is 7. The summed E-state index contributed by atoms with van der Waals surface area (Å²) >= 11 is 1.72. The third kappa shape index (κ3) is 5.40. The van der Waals surface area contributed by atoms with Crippen LogP contribution in [-0.4, -0.2) is 31.7 Å². The van der Waals surface area contributed by atoms with Crippen LogP contribution >= 0.6 is 11.3 Å². The molecule has 3 rings (SSSR count). The summed E-state index contributed by atoms with van der Waals surface area (Å²) in [6, 6.07) is 13.2. The molecule has 130 valence electrons. The first kappa shape index (κ1) is 17.6. The monoisotopic (exact) mass is 356 g/mol. The molecule has 2 heterocycles. The third-order valence-electron chi connectivity index (χ3n) is 4.23. The highest BCUT2D eigenvalue weighted by atomic mass is 32.1. The Labute approximate surface area is 151 Å². The Balaban J connectivity index is 1.61. The van der Waals surface area contributed by atoms with Gasteiger partial charge in [0.25, 0.3) is 5.91 Å². The molecule has 1 fully saturated rings. The number of benzene rings is 1. The first-order chi connectivity index (χ1) is 12.2. The van der Waals surface area contributed by atoms with Crippen molar-refractivity contribution in [2.24, 2.45) is 0 Å². The maximum atomic E-state index is 12.5. The van der Waals surface area contributed by atoms with Gasteiger partial charge in [-0.2, -0.15) is 5.26 Å². The number of anilines is 1. The minimum absolute atomic E-state index is 0.0420. The molecule has 25 heavy (non-hydrogen) atoms. The minimum atomic E-state index is -0.0420. The van der Waals surface area contributed by atoms with Gasteiger partial charge < -0.3 is 15.0 Å². The van der Waals surface area contributed by atoms with Crippen LogP contribution in [0.4, 0.5) is 5.69 Å². The van der Waals surface area contributed by atoms with E-state index in [9.17, 15) is 4.79 Å². The van der Waals surface area contributed by atoms with Gasteiger partial charge in [0, 0.05) is 12.3 Å². The number of carbonyl (C=O) groups excluding carboxylic acids is 1. The van der Waals surface area contributed by atoms with Crippen molar-refractivity contribution in [2.75, 3.05) is 25.0 Å². The highest BCUT2D eigenvalue weighted by Crippen LogP contribution is 2.11. The predicted molar refractivity (Wildman–Crippen MR) is 97.5 cm³/mol. The molecule has 0 radical (unpaired) electrons. The molecule has 0 aliphatic carbocycles. The second kappa shape index (κ2) is 8.77. The molecule has 1 amide bonds. The third-order valence-corrected chi connectivity index (χ3v) is 5.11. The molecule has 1 aromatic heterocycles. The number of hydrogen-bond donors (Lipinski definition) is 2. The number of nitrogens with one attached hydrogen (secondary N) is 2. The van der Waals surface area contributed by atoms with Crippen LogP contribution in [0.1, 0.15) is 23.3 Å². The van der Waals surface area contributed by atoms with Crippen LogP contribution in [0.25, 0.3) is 0 Å². The zero-order valence-corrected chi connectivity index (χ0v) is 14.8. The topological polar surface area (TPSA) is 66.6 Å². The Bertz CT molecular complexity index is 733. The van der Waals surface area contributed by atoms with E-state index >= 15 is 0 Å². The summed E-state index contributed by atoms with van der Waals surface area (Å²) in [6.45, 7) is 2.87. The van der Waals surface area contributed by atoms with Gasteiger partial charge in [-0.05, 0) is 42.5 Å². The average Bonchev–Trinajstić information content (AvgIpc) is 3.29. The molecule has 0 spiro atoms. The lowest BCUT2D eigenvalue weighted by Gasteiger charge is -2.21. The van der Waals surface area contributed by atoms with Crippen LogP contribution in [0.15, 0.2) is 41.8 Å². The summed E-state index contributed by atoms with van der Waals surface area (Å²) in [6.07, 6.45) is 2.41. The number of nitrogens with zero attached hydrogens (tertiary/aromatic N) is 1. The van der Waals surface area contributed by atoms with Crippen molar-refractivity contribution in [1.82, 2.24) is 0 Å². The van der Waals surface area contributed by atoms with Gasteiger partial charge in [-0.1, -0.05) is 12.1 Å². The Morgan fingerprint density at radius 3 is 3.04 bits per heavy atom. The van der Waals surface area contributed by atoms with E-state index in [2.05, 4.69) is 22.8 Å². The molecule has 5 nitrogen and oxygen atoms in total. The number of nitriles is 1. The Hall–Kier alpha value is -2.20. The fourth-order valence-electron chi connectivity index (χ4n) is 3.09. The second-order valence-corrected chi connectivity index (χ2v) is 7.30. The van der Waals surface area contributed by atoms with Crippen molar-refractivity contribution in [3.63, 3.8) is 0 Å². The maximum absolute atomic E-state index is 12.5. The molecular formula is C19H22N3O2S+. The van der Waals surface area contributed by atoms with E-state index in [1.165, 1.54) is 9.78 Å². The number of carbonyl (C=O) groups is 1. The normalized spacial score (nSPS) is 17.8. The van der Waals surface area contributed by atoms with Gasteiger partial charge >= 0.3 is 0 Å². The maximum Gasteiger partial charge on any atom is 0.279 e. The van der Waals surface area contributed by atoms with Gasteiger partial charge in [0.15, 0.2) is 6.54 Å². The van der Waals surface area contributed by atoms with Crippen LogP contribution in [0.5, 0.6) is 0 Å². The SMILES string of the molecule is N#Cc1cccc(NC(=O)C[NH+](Cc2cccs2)C[C@H]2CCCO2)c1. The molecule has 0 saturated carbocycles. The van der Waals surface area contributed by atoms with Gasteiger partial charge in [0.2, 0.25) is 0 Å².